The van der Waals surface area contributed by atoms with E-state index in [1.807, 2.05) is 0 Å². The molecule has 0 amide bonds. The number of carbonyl (C=O) groups is 2. The summed E-state index contributed by atoms with van der Waals surface area (Å²) in [7, 11) is -4.61. The third-order valence-electron chi connectivity index (χ3n) is 9.42. The highest BCUT2D eigenvalue weighted by atomic mass is 31.2. The summed E-state index contributed by atoms with van der Waals surface area (Å²) in [5, 5.41) is 18.3. The molecule has 0 heterocycles. The van der Waals surface area contributed by atoms with Crippen LogP contribution in [0.25, 0.3) is 0 Å². The highest BCUT2D eigenvalue weighted by Crippen LogP contribution is 2.43. The van der Waals surface area contributed by atoms with Crippen LogP contribution < -0.4 is 0 Å². The van der Waals surface area contributed by atoms with E-state index >= 15 is 0 Å². The number of esters is 2. The second kappa shape index (κ2) is 39.0. The molecule has 3 unspecified atom stereocenters. The van der Waals surface area contributed by atoms with Crippen LogP contribution in [0.15, 0.2) is 12.2 Å². The number of unbranched alkanes of at least 4 members (excludes halogenated alkanes) is 25. The maximum absolute atomic E-state index is 12.6. The van der Waals surface area contributed by atoms with Gasteiger partial charge in [0.25, 0.3) is 0 Å². The van der Waals surface area contributed by atoms with Crippen molar-refractivity contribution in [2.75, 3.05) is 26.4 Å². The minimum absolute atomic E-state index is 0.181. The van der Waals surface area contributed by atoms with Crippen LogP contribution in [0.2, 0.25) is 0 Å². The molecule has 0 saturated carbocycles. The number of phosphoric ester groups is 1. The van der Waals surface area contributed by atoms with Gasteiger partial charge in [0.1, 0.15) is 12.7 Å². The minimum Gasteiger partial charge on any atom is -0.462 e. The van der Waals surface area contributed by atoms with Crippen molar-refractivity contribution < 1.29 is 47.8 Å². The molecule has 0 rings (SSSR count). The van der Waals surface area contributed by atoms with Crippen molar-refractivity contribution in [3.8, 4) is 0 Å². The van der Waals surface area contributed by atoms with E-state index in [-0.39, 0.29) is 19.4 Å². The molecule has 314 valence electrons. The molecule has 0 spiro atoms. The largest absolute Gasteiger partial charge is 0.472 e. The number of carbonyl (C=O) groups excluding carboxylic acids is 2. The molecule has 3 N–H and O–H groups in total. The number of hydrogen-bond donors (Lipinski definition) is 3. The molecular weight excluding hydrogens is 695 g/mol. The average molecular weight is 777 g/mol. The molecule has 53 heavy (non-hydrogen) atoms. The van der Waals surface area contributed by atoms with E-state index in [1.54, 1.807) is 0 Å². The van der Waals surface area contributed by atoms with E-state index in [9.17, 15) is 24.2 Å². The highest BCUT2D eigenvalue weighted by Gasteiger charge is 2.27. The molecule has 0 aromatic rings. The Hall–Kier alpha value is -1.29. The second-order valence-corrected chi connectivity index (χ2v) is 16.2. The number of aliphatic hydroxyl groups excluding tert-OH is 2. The van der Waals surface area contributed by atoms with Gasteiger partial charge in [0.15, 0.2) is 6.10 Å². The quantitative estimate of drug-likeness (QED) is 0.0237. The average Bonchev–Trinajstić information content (AvgIpc) is 3.14. The minimum atomic E-state index is -4.61. The third kappa shape index (κ3) is 38.8. The lowest BCUT2D eigenvalue weighted by Gasteiger charge is -2.20. The zero-order chi connectivity index (χ0) is 39.1. The first-order chi connectivity index (χ1) is 25.7. The van der Waals surface area contributed by atoms with Crippen LogP contribution in [-0.2, 0) is 32.7 Å². The predicted molar refractivity (Wildman–Crippen MR) is 215 cm³/mol. The summed E-state index contributed by atoms with van der Waals surface area (Å²) in [6, 6.07) is 0. The Morgan fingerprint density at radius 2 is 0.925 bits per heavy atom. The van der Waals surface area contributed by atoms with Crippen molar-refractivity contribution in [3.63, 3.8) is 0 Å². The van der Waals surface area contributed by atoms with Crippen molar-refractivity contribution in [2.24, 2.45) is 0 Å². The van der Waals surface area contributed by atoms with Gasteiger partial charge in [0, 0.05) is 12.8 Å². The molecule has 0 saturated heterocycles. The lowest BCUT2D eigenvalue weighted by atomic mass is 10.0. The first kappa shape index (κ1) is 51.7. The van der Waals surface area contributed by atoms with E-state index < -0.39 is 51.8 Å². The Morgan fingerprint density at radius 1 is 0.547 bits per heavy atom. The fourth-order valence-electron chi connectivity index (χ4n) is 6.05. The smallest absolute Gasteiger partial charge is 0.462 e. The van der Waals surface area contributed by atoms with E-state index in [2.05, 4.69) is 30.5 Å². The van der Waals surface area contributed by atoms with Crippen LogP contribution >= 0.6 is 7.82 Å². The zero-order valence-electron chi connectivity index (χ0n) is 34.0. The number of allylic oxidation sites excluding steroid dienone is 2. The molecule has 0 aromatic carbocycles. The Balaban J connectivity index is 4.28. The summed E-state index contributed by atoms with van der Waals surface area (Å²) in [6.45, 7) is 2.39. The maximum Gasteiger partial charge on any atom is 0.472 e. The molecule has 0 aromatic heterocycles. The van der Waals surface area contributed by atoms with Crippen molar-refractivity contribution in [2.45, 2.75) is 219 Å². The van der Waals surface area contributed by atoms with Crippen molar-refractivity contribution >= 4 is 19.8 Å². The summed E-state index contributed by atoms with van der Waals surface area (Å²) < 4.78 is 32.7. The number of aliphatic hydroxyl groups is 2. The molecule has 10 nitrogen and oxygen atoms in total. The van der Waals surface area contributed by atoms with Gasteiger partial charge >= 0.3 is 19.8 Å². The molecule has 0 radical (unpaired) electrons. The molecule has 0 fully saturated rings. The van der Waals surface area contributed by atoms with Crippen molar-refractivity contribution in [1.29, 1.82) is 0 Å². The normalized spacial score (nSPS) is 14.0. The topological polar surface area (TPSA) is 149 Å². The summed E-state index contributed by atoms with van der Waals surface area (Å²) in [4.78, 5) is 34.9. The van der Waals surface area contributed by atoms with Crippen LogP contribution in [0.3, 0.4) is 0 Å². The van der Waals surface area contributed by atoms with Crippen molar-refractivity contribution in [3.05, 3.63) is 12.2 Å². The number of hydrogen-bond acceptors (Lipinski definition) is 9. The third-order valence-corrected chi connectivity index (χ3v) is 10.4. The van der Waals surface area contributed by atoms with Gasteiger partial charge in [-0.1, -0.05) is 167 Å². The van der Waals surface area contributed by atoms with Crippen LogP contribution in [0.5, 0.6) is 0 Å². The van der Waals surface area contributed by atoms with E-state index in [0.717, 1.165) is 51.4 Å². The van der Waals surface area contributed by atoms with Gasteiger partial charge in [-0.15, -0.1) is 0 Å². The number of ether oxygens (including phenoxy) is 2. The number of rotatable bonds is 41. The Kier molecular flexibility index (Phi) is 38.0. The van der Waals surface area contributed by atoms with Gasteiger partial charge in [-0.2, -0.15) is 0 Å². The van der Waals surface area contributed by atoms with Gasteiger partial charge in [0.05, 0.1) is 19.8 Å². The lowest BCUT2D eigenvalue weighted by molar-refractivity contribution is -0.161. The van der Waals surface area contributed by atoms with Gasteiger partial charge in [-0.05, 0) is 38.5 Å². The van der Waals surface area contributed by atoms with Gasteiger partial charge < -0.3 is 24.6 Å². The van der Waals surface area contributed by atoms with E-state index in [0.29, 0.717) is 12.8 Å². The standard InChI is InChI=1S/C42H81O10P/c1-3-5-7-9-11-13-15-17-19-21-23-25-27-29-31-33-41(45)49-37-40(38-51-53(47,48)50-36-39(44)35-43)52-42(46)34-32-30-28-26-24-22-20-18-16-14-12-10-8-6-4-2/h16,18,39-40,43-44H,3-15,17,19-38H2,1-2H3,(H,47,48)/b18-16-. The fraction of sp³-hybridized carbons (Fsp3) is 0.905. The highest BCUT2D eigenvalue weighted by molar-refractivity contribution is 7.47. The van der Waals surface area contributed by atoms with Crippen LogP contribution in [-0.4, -0.2) is 65.7 Å². The SMILES string of the molecule is CCCCCCC/C=C\CCCCCCCCC(=O)OC(COC(=O)CCCCCCCCCCCCCCCCC)COP(=O)(O)OCC(O)CO. The van der Waals surface area contributed by atoms with Crippen LogP contribution in [0.4, 0.5) is 0 Å². The molecule has 0 aliphatic rings. The Bertz CT molecular complexity index is 899. The summed E-state index contributed by atoms with van der Waals surface area (Å²) in [5.74, 6) is -0.922. The van der Waals surface area contributed by atoms with E-state index in [1.165, 1.54) is 116 Å². The van der Waals surface area contributed by atoms with Gasteiger partial charge in [0.2, 0.25) is 0 Å². The zero-order valence-corrected chi connectivity index (χ0v) is 34.9. The molecule has 0 aliphatic heterocycles. The van der Waals surface area contributed by atoms with Crippen molar-refractivity contribution in [1.82, 2.24) is 0 Å². The first-order valence-electron chi connectivity index (χ1n) is 21.6. The molecule has 3 atom stereocenters. The van der Waals surface area contributed by atoms with E-state index in [4.69, 9.17) is 19.1 Å². The fourth-order valence-corrected chi connectivity index (χ4v) is 6.84. The lowest BCUT2D eigenvalue weighted by Crippen LogP contribution is -2.29. The first-order valence-corrected chi connectivity index (χ1v) is 23.1. The maximum atomic E-state index is 12.6. The predicted octanol–water partition coefficient (Wildman–Crippen LogP) is 11.2. The summed E-state index contributed by atoms with van der Waals surface area (Å²) in [5.41, 5.74) is 0. The molecular formula is C42H81O10P. The number of phosphoric acid groups is 1. The Labute approximate surface area is 324 Å². The van der Waals surface area contributed by atoms with Crippen LogP contribution in [0.1, 0.15) is 206 Å². The van der Waals surface area contributed by atoms with Gasteiger partial charge in [-0.25, -0.2) is 4.57 Å². The summed E-state index contributed by atoms with van der Waals surface area (Å²) >= 11 is 0. The molecule has 11 heteroatoms. The molecule has 0 aliphatic carbocycles. The molecule has 0 bridgehead atoms. The monoisotopic (exact) mass is 777 g/mol. The van der Waals surface area contributed by atoms with Crippen LogP contribution in [0, 0.1) is 0 Å². The Morgan fingerprint density at radius 3 is 1.36 bits per heavy atom. The summed E-state index contributed by atoms with van der Waals surface area (Å²) in [6.07, 6.45) is 36.0. The van der Waals surface area contributed by atoms with Gasteiger partial charge in [-0.3, -0.25) is 18.6 Å². The second-order valence-electron chi connectivity index (χ2n) is 14.7.